The third kappa shape index (κ3) is 4.73. The fourth-order valence-electron chi connectivity index (χ4n) is 1.62. The van der Waals surface area contributed by atoms with E-state index in [1.807, 2.05) is 25.7 Å². The molecule has 98 valence electrons. The molecule has 1 aliphatic heterocycles. The lowest BCUT2D eigenvalue weighted by molar-refractivity contribution is -0.132. The second-order valence-corrected chi connectivity index (χ2v) is 5.39. The summed E-state index contributed by atoms with van der Waals surface area (Å²) in [6.07, 6.45) is 0.391. The summed E-state index contributed by atoms with van der Waals surface area (Å²) in [4.78, 5) is 25.2. The number of carbonyl (C=O) groups excluding carboxylic acids is 2. The molecule has 0 unspecified atom stereocenters. The molecule has 0 radical (unpaired) electrons. The third-order valence-electron chi connectivity index (χ3n) is 2.78. The van der Waals surface area contributed by atoms with Crippen LogP contribution < -0.4 is 10.6 Å². The van der Waals surface area contributed by atoms with E-state index in [1.165, 1.54) is 0 Å². The van der Waals surface area contributed by atoms with E-state index in [1.54, 1.807) is 0 Å². The average Bonchev–Trinajstić information content (AvgIpc) is 2.28. The van der Waals surface area contributed by atoms with Crippen LogP contribution in [0, 0.1) is 5.41 Å². The molecule has 1 fully saturated rings. The van der Waals surface area contributed by atoms with Crippen molar-refractivity contribution >= 4 is 11.8 Å². The maximum atomic E-state index is 11.8. The van der Waals surface area contributed by atoms with Gasteiger partial charge in [-0.3, -0.25) is 9.59 Å². The van der Waals surface area contributed by atoms with Crippen LogP contribution >= 0.6 is 0 Å². The Hall–Kier alpha value is -1.10. The Bertz CT molecular complexity index is 278. The number of carbonyl (C=O) groups is 2. The van der Waals surface area contributed by atoms with Crippen LogP contribution in [0.3, 0.4) is 0 Å². The second kappa shape index (κ2) is 6.00. The highest BCUT2D eigenvalue weighted by Gasteiger charge is 2.21. The van der Waals surface area contributed by atoms with Crippen LogP contribution in [-0.2, 0) is 9.59 Å². The van der Waals surface area contributed by atoms with Gasteiger partial charge in [0.05, 0.1) is 0 Å². The number of piperazine rings is 1. The lowest BCUT2D eigenvalue weighted by atomic mass is 9.96. The largest absolute Gasteiger partial charge is 0.355 e. The molecule has 0 saturated carbocycles. The van der Waals surface area contributed by atoms with Gasteiger partial charge in [0.2, 0.25) is 11.8 Å². The van der Waals surface area contributed by atoms with Crippen molar-refractivity contribution in [3.8, 4) is 0 Å². The summed E-state index contributed by atoms with van der Waals surface area (Å²) in [6.45, 7) is 9.28. The molecule has 2 N–H and O–H groups in total. The van der Waals surface area contributed by atoms with Crippen molar-refractivity contribution in [3.05, 3.63) is 0 Å². The van der Waals surface area contributed by atoms with E-state index in [-0.39, 0.29) is 11.8 Å². The molecule has 0 aromatic carbocycles. The van der Waals surface area contributed by atoms with E-state index >= 15 is 0 Å². The fourth-order valence-corrected chi connectivity index (χ4v) is 1.62. The van der Waals surface area contributed by atoms with E-state index in [0.29, 0.717) is 13.0 Å². The number of hydrogen-bond acceptors (Lipinski definition) is 3. The number of nitrogens with one attached hydrogen (secondary N) is 2. The van der Waals surface area contributed by atoms with Crippen LogP contribution in [0.4, 0.5) is 0 Å². The van der Waals surface area contributed by atoms with Crippen molar-refractivity contribution in [3.63, 3.8) is 0 Å². The van der Waals surface area contributed by atoms with Gasteiger partial charge in [0.1, 0.15) is 0 Å². The van der Waals surface area contributed by atoms with Crippen LogP contribution in [0.1, 0.15) is 27.2 Å². The molecule has 0 aromatic rings. The molecule has 0 bridgehead atoms. The molecule has 5 nitrogen and oxygen atoms in total. The molecule has 0 spiro atoms. The standard InChI is InChI=1S/C12H23N3O2/c1-12(2,3)11(17)14-5-4-10(16)15-8-6-13-7-9-15/h13H,4-9H2,1-3H3,(H,14,17). The monoisotopic (exact) mass is 241 g/mol. The highest BCUT2D eigenvalue weighted by atomic mass is 16.2. The van der Waals surface area contributed by atoms with Gasteiger partial charge in [-0.25, -0.2) is 0 Å². The molecule has 0 aliphatic carbocycles. The highest BCUT2D eigenvalue weighted by Crippen LogP contribution is 2.12. The van der Waals surface area contributed by atoms with Crippen LogP contribution in [0.15, 0.2) is 0 Å². The summed E-state index contributed by atoms with van der Waals surface area (Å²) in [6, 6.07) is 0. The number of amides is 2. The maximum absolute atomic E-state index is 11.8. The molecule has 1 rings (SSSR count). The summed E-state index contributed by atoms with van der Waals surface area (Å²) >= 11 is 0. The molecule has 0 atom stereocenters. The first-order valence-electron chi connectivity index (χ1n) is 6.18. The van der Waals surface area contributed by atoms with Crippen LogP contribution in [-0.4, -0.2) is 49.4 Å². The van der Waals surface area contributed by atoms with E-state index in [0.717, 1.165) is 26.2 Å². The summed E-state index contributed by atoms with van der Waals surface area (Å²) < 4.78 is 0. The van der Waals surface area contributed by atoms with Crippen molar-refractivity contribution in [2.75, 3.05) is 32.7 Å². The third-order valence-corrected chi connectivity index (χ3v) is 2.78. The lowest BCUT2D eigenvalue weighted by Gasteiger charge is -2.27. The topological polar surface area (TPSA) is 61.4 Å². The maximum Gasteiger partial charge on any atom is 0.225 e. The van der Waals surface area contributed by atoms with Crippen molar-refractivity contribution in [2.24, 2.45) is 5.41 Å². The summed E-state index contributed by atoms with van der Waals surface area (Å²) in [7, 11) is 0. The molecule has 17 heavy (non-hydrogen) atoms. The molecule has 1 aliphatic rings. The minimum absolute atomic E-state index is 0.00869. The normalized spacial score (nSPS) is 16.8. The van der Waals surface area contributed by atoms with Crippen LogP contribution in [0.2, 0.25) is 0 Å². The average molecular weight is 241 g/mol. The Morgan fingerprint density at radius 1 is 1.24 bits per heavy atom. The minimum atomic E-state index is -0.391. The Morgan fingerprint density at radius 2 is 1.82 bits per heavy atom. The van der Waals surface area contributed by atoms with Crippen molar-refractivity contribution in [1.29, 1.82) is 0 Å². The van der Waals surface area contributed by atoms with Gasteiger partial charge >= 0.3 is 0 Å². The van der Waals surface area contributed by atoms with Gasteiger partial charge in [0.25, 0.3) is 0 Å². The molecular formula is C12H23N3O2. The molecule has 2 amide bonds. The predicted octanol–water partition coefficient (Wildman–Crippen LogP) is -0.0294. The molecule has 1 saturated heterocycles. The summed E-state index contributed by atoms with van der Waals surface area (Å²) in [5, 5.41) is 5.99. The Kier molecular flexibility index (Phi) is 4.93. The van der Waals surface area contributed by atoms with Crippen molar-refractivity contribution in [1.82, 2.24) is 15.5 Å². The Morgan fingerprint density at radius 3 is 2.35 bits per heavy atom. The van der Waals surface area contributed by atoms with Gasteiger partial charge in [-0.2, -0.15) is 0 Å². The first-order valence-corrected chi connectivity index (χ1v) is 6.18. The molecule has 1 heterocycles. The summed E-state index contributed by atoms with van der Waals surface area (Å²) in [5.74, 6) is 0.117. The zero-order chi connectivity index (χ0) is 12.9. The van der Waals surface area contributed by atoms with Crippen molar-refractivity contribution < 1.29 is 9.59 Å². The Balaban J connectivity index is 2.22. The van der Waals surface area contributed by atoms with Crippen LogP contribution in [0.25, 0.3) is 0 Å². The van der Waals surface area contributed by atoms with Crippen molar-refractivity contribution in [2.45, 2.75) is 27.2 Å². The van der Waals surface area contributed by atoms with E-state index in [4.69, 9.17) is 0 Å². The quantitative estimate of drug-likeness (QED) is 0.729. The minimum Gasteiger partial charge on any atom is -0.355 e. The van der Waals surface area contributed by atoms with E-state index in [2.05, 4.69) is 10.6 Å². The number of hydrogen-bond donors (Lipinski definition) is 2. The number of nitrogens with zero attached hydrogens (tertiary/aromatic N) is 1. The summed E-state index contributed by atoms with van der Waals surface area (Å²) in [5.41, 5.74) is -0.391. The number of rotatable bonds is 3. The Labute approximate surface area is 103 Å². The second-order valence-electron chi connectivity index (χ2n) is 5.39. The van der Waals surface area contributed by atoms with E-state index < -0.39 is 5.41 Å². The fraction of sp³-hybridized carbons (Fsp3) is 0.833. The first-order chi connectivity index (χ1) is 7.91. The predicted molar refractivity (Wildman–Crippen MR) is 66.5 cm³/mol. The smallest absolute Gasteiger partial charge is 0.225 e. The van der Waals surface area contributed by atoms with Gasteiger partial charge in [0, 0.05) is 44.6 Å². The zero-order valence-corrected chi connectivity index (χ0v) is 11.0. The molecule has 0 aromatic heterocycles. The molecule has 5 heteroatoms. The van der Waals surface area contributed by atoms with Gasteiger partial charge in [-0.05, 0) is 0 Å². The van der Waals surface area contributed by atoms with Gasteiger partial charge in [0.15, 0.2) is 0 Å². The lowest BCUT2D eigenvalue weighted by Crippen LogP contribution is -2.47. The van der Waals surface area contributed by atoms with Gasteiger partial charge in [-0.15, -0.1) is 0 Å². The van der Waals surface area contributed by atoms with Gasteiger partial charge < -0.3 is 15.5 Å². The van der Waals surface area contributed by atoms with E-state index in [9.17, 15) is 9.59 Å². The first kappa shape index (κ1) is 14.0. The zero-order valence-electron chi connectivity index (χ0n) is 11.0. The SMILES string of the molecule is CC(C)(C)C(=O)NCCC(=O)N1CCNCC1. The molecular weight excluding hydrogens is 218 g/mol. The van der Waals surface area contributed by atoms with Crippen LogP contribution in [0.5, 0.6) is 0 Å². The van der Waals surface area contributed by atoms with Gasteiger partial charge in [-0.1, -0.05) is 20.8 Å². The highest BCUT2D eigenvalue weighted by molar-refractivity contribution is 5.82.